The first-order valence-corrected chi connectivity index (χ1v) is 13.5. The van der Waals surface area contributed by atoms with Crippen LogP contribution >= 0.6 is 11.8 Å². The average Bonchev–Trinajstić information content (AvgIpc) is 3.43. The van der Waals surface area contributed by atoms with Crippen LogP contribution in [0.3, 0.4) is 0 Å². The Balaban J connectivity index is 1.82. The molecule has 0 saturated carbocycles. The number of thioether (sulfide) groups is 1. The molecule has 6 atom stereocenters. The van der Waals surface area contributed by atoms with Crippen LogP contribution in [-0.2, 0) is 14.4 Å². The Kier molecular flexibility index (Phi) is 7.40. The van der Waals surface area contributed by atoms with Crippen molar-refractivity contribution in [3.63, 3.8) is 0 Å². The predicted octanol–water partition coefficient (Wildman–Crippen LogP) is 2.80. The number of carbonyl (C=O) groups is 3. The van der Waals surface area contributed by atoms with E-state index in [4.69, 9.17) is 0 Å². The molecule has 1 aromatic rings. The van der Waals surface area contributed by atoms with Crippen molar-refractivity contribution in [1.82, 2.24) is 9.80 Å². The smallest absolute Gasteiger partial charge is 0.251 e. The molecule has 0 aliphatic carbocycles. The standard InChI is InChI=1S/C28H37N3O4S/c1-7-11-29(6)25(33)22-21-16-19(5)28(36-21)23(22)26(34)31(13-14-32)24(28)27(35)30(12-8-2)20-15-17(3)9-10-18(20)4/h7-10,15,19,21-24,32H,1-2,11-14,16H2,3-6H3/t19?,21-,22+,23+,24?,28?/m1/s1. The Labute approximate surface area is 218 Å². The number of rotatable bonds is 9. The van der Waals surface area contributed by atoms with Gasteiger partial charge in [-0.2, -0.15) is 0 Å². The van der Waals surface area contributed by atoms with Crippen molar-refractivity contribution in [2.45, 2.75) is 43.2 Å². The van der Waals surface area contributed by atoms with Crippen LogP contribution < -0.4 is 4.90 Å². The SMILES string of the molecule is C=CCN(C)C(=O)[C@@H]1[C@H]2C(=O)N(CCO)C(C(=O)N(CC=C)c3cc(C)ccc3C)C23S[C@@H]1CC3C. The Morgan fingerprint density at radius 3 is 2.56 bits per heavy atom. The predicted molar refractivity (Wildman–Crippen MR) is 144 cm³/mol. The van der Waals surface area contributed by atoms with Crippen molar-refractivity contribution in [2.75, 3.05) is 38.2 Å². The van der Waals surface area contributed by atoms with Gasteiger partial charge in [-0.25, -0.2) is 0 Å². The number of anilines is 1. The van der Waals surface area contributed by atoms with Gasteiger partial charge in [0.05, 0.1) is 23.2 Å². The fraction of sp³-hybridized carbons (Fsp3) is 0.536. The van der Waals surface area contributed by atoms with Crippen molar-refractivity contribution in [1.29, 1.82) is 0 Å². The topological polar surface area (TPSA) is 81.2 Å². The third-order valence-corrected chi connectivity index (χ3v) is 10.2. The van der Waals surface area contributed by atoms with Crippen LogP contribution in [-0.4, -0.2) is 82.0 Å². The minimum Gasteiger partial charge on any atom is -0.395 e. The molecule has 4 rings (SSSR count). The summed E-state index contributed by atoms with van der Waals surface area (Å²) in [4.78, 5) is 46.9. The summed E-state index contributed by atoms with van der Waals surface area (Å²) in [5, 5.41) is 9.87. The molecule has 0 radical (unpaired) electrons. The van der Waals surface area contributed by atoms with Crippen LogP contribution in [0.25, 0.3) is 0 Å². The zero-order chi connectivity index (χ0) is 26.4. The van der Waals surface area contributed by atoms with Crippen molar-refractivity contribution in [3.8, 4) is 0 Å². The molecule has 7 nitrogen and oxygen atoms in total. The summed E-state index contributed by atoms with van der Waals surface area (Å²) < 4.78 is -0.722. The van der Waals surface area contributed by atoms with Crippen LogP contribution in [0.4, 0.5) is 5.69 Å². The molecule has 3 amide bonds. The Bertz CT molecular complexity index is 1090. The number of hydrogen-bond acceptors (Lipinski definition) is 5. The number of β-amino-alcohol motifs (C(OH)–C–C–N with tert-alkyl or cyclic N) is 1. The molecule has 3 heterocycles. The number of nitrogens with zero attached hydrogens (tertiary/aromatic N) is 3. The zero-order valence-electron chi connectivity index (χ0n) is 21.6. The van der Waals surface area contributed by atoms with E-state index in [1.165, 1.54) is 0 Å². The number of hydrogen-bond donors (Lipinski definition) is 1. The largest absolute Gasteiger partial charge is 0.395 e. The number of benzene rings is 1. The number of aliphatic hydroxyl groups excluding tert-OH is 1. The van der Waals surface area contributed by atoms with Crippen molar-refractivity contribution >= 4 is 35.2 Å². The summed E-state index contributed by atoms with van der Waals surface area (Å²) in [6, 6.07) is 5.21. The van der Waals surface area contributed by atoms with Crippen LogP contribution in [0.15, 0.2) is 43.5 Å². The number of likely N-dealkylation sites (N-methyl/N-ethyl adjacent to an activating group) is 1. The second kappa shape index (κ2) is 10.1. The molecule has 1 spiro atoms. The van der Waals surface area contributed by atoms with Gasteiger partial charge in [-0.1, -0.05) is 31.2 Å². The number of carbonyl (C=O) groups excluding carboxylic acids is 3. The minimum absolute atomic E-state index is 0.0196. The van der Waals surface area contributed by atoms with E-state index in [2.05, 4.69) is 20.1 Å². The minimum atomic E-state index is -0.769. The lowest BCUT2D eigenvalue weighted by Crippen LogP contribution is -2.58. The third-order valence-electron chi connectivity index (χ3n) is 8.12. The molecule has 3 aliphatic heterocycles. The second-order valence-electron chi connectivity index (χ2n) is 10.3. The quantitative estimate of drug-likeness (QED) is 0.516. The van der Waals surface area contributed by atoms with Crippen LogP contribution in [0.5, 0.6) is 0 Å². The highest BCUT2D eigenvalue weighted by Crippen LogP contribution is 2.68. The van der Waals surface area contributed by atoms with Gasteiger partial charge in [-0.3, -0.25) is 14.4 Å². The van der Waals surface area contributed by atoms with E-state index < -0.39 is 22.6 Å². The number of amides is 3. The number of fused-ring (bicyclic) bond motifs is 1. The first-order chi connectivity index (χ1) is 17.1. The van der Waals surface area contributed by atoms with Gasteiger partial charge in [0.2, 0.25) is 11.8 Å². The highest BCUT2D eigenvalue weighted by molar-refractivity contribution is 8.02. The summed E-state index contributed by atoms with van der Waals surface area (Å²) in [5.41, 5.74) is 2.78. The molecular weight excluding hydrogens is 474 g/mol. The third kappa shape index (κ3) is 3.89. The molecule has 36 heavy (non-hydrogen) atoms. The zero-order valence-corrected chi connectivity index (χ0v) is 22.5. The van der Waals surface area contributed by atoms with Crippen LogP contribution in [0, 0.1) is 31.6 Å². The second-order valence-corrected chi connectivity index (χ2v) is 11.9. The lowest BCUT2D eigenvalue weighted by molar-refractivity contribution is -0.143. The molecule has 3 aliphatic rings. The van der Waals surface area contributed by atoms with Crippen molar-refractivity contribution in [2.24, 2.45) is 17.8 Å². The van der Waals surface area contributed by atoms with Gasteiger partial charge in [0, 0.05) is 37.6 Å². The first-order valence-electron chi connectivity index (χ1n) is 12.6. The summed E-state index contributed by atoms with van der Waals surface area (Å²) in [7, 11) is 1.73. The van der Waals surface area contributed by atoms with E-state index in [0.29, 0.717) is 13.1 Å². The molecule has 194 valence electrons. The summed E-state index contributed by atoms with van der Waals surface area (Å²) >= 11 is 1.65. The summed E-state index contributed by atoms with van der Waals surface area (Å²) in [5.74, 6) is -1.47. The van der Waals surface area contributed by atoms with Gasteiger partial charge in [0.15, 0.2) is 0 Å². The van der Waals surface area contributed by atoms with Crippen molar-refractivity contribution < 1.29 is 19.5 Å². The van der Waals surface area contributed by atoms with Gasteiger partial charge in [-0.05, 0) is 43.4 Å². The van der Waals surface area contributed by atoms with E-state index in [9.17, 15) is 19.5 Å². The maximum absolute atomic E-state index is 14.5. The summed E-state index contributed by atoms with van der Waals surface area (Å²) in [6.07, 6.45) is 4.14. The van der Waals surface area contributed by atoms with E-state index in [-0.39, 0.29) is 42.0 Å². The molecule has 0 aromatic heterocycles. The monoisotopic (exact) mass is 511 g/mol. The molecule has 8 heteroatoms. The Morgan fingerprint density at radius 1 is 1.22 bits per heavy atom. The van der Waals surface area contributed by atoms with Crippen LogP contribution in [0.1, 0.15) is 24.5 Å². The molecule has 1 N–H and O–H groups in total. The Morgan fingerprint density at radius 2 is 1.92 bits per heavy atom. The highest BCUT2D eigenvalue weighted by atomic mass is 32.2. The fourth-order valence-corrected chi connectivity index (χ4v) is 8.97. The normalized spacial score (nSPS) is 30.3. The lowest BCUT2D eigenvalue weighted by atomic mass is 9.65. The van der Waals surface area contributed by atoms with E-state index in [1.54, 1.807) is 45.7 Å². The number of likely N-dealkylation sites (tertiary alicyclic amines) is 1. The van der Waals surface area contributed by atoms with Crippen molar-refractivity contribution in [3.05, 3.63) is 54.6 Å². The first kappa shape index (κ1) is 26.5. The lowest BCUT2D eigenvalue weighted by Gasteiger charge is -2.41. The van der Waals surface area contributed by atoms with Gasteiger partial charge in [0.1, 0.15) is 6.04 Å². The molecule has 1 aromatic carbocycles. The molecule has 3 fully saturated rings. The highest BCUT2D eigenvalue weighted by Gasteiger charge is 2.76. The number of aryl methyl sites for hydroxylation is 2. The number of aliphatic hydroxyl groups is 1. The fourth-order valence-electron chi connectivity index (χ4n) is 6.56. The van der Waals surface area contributed by atoms with Gasteiger partial charge >= 0.3 is 0 Å². The maximum atomic E-state index is 14.5. The summed E-state index contributed by atoms with van der Waals surface area (Å²) in [6.45, 7) is 14.2. The Hall–Kier alpha value is -2.58. The van der Waals surface area contributed by atoms with Gasteiger partial charge in [0.25, 0.3) is 5.91 Å². The van der Waals surface area contributed by atoms with E-state index in [0.717, 1.165) is 23.2 Å². The molecule has 3 saturated heterocycles. The van der Waals surface area contributed by atoms with Gasteiger partial charge in [-0.15, -0.1) is 24.9 Å². The average molecular weight is 512 g/mol. The van der Waals surface area contributed by atoms with E-state index in [1.807, 2.05) is 32.0 Å². The van der Waals surface area contributed by atoms with Crippen LogP contribution in [0.2, 0.25) is 0 Å². The molecule has 2 bridgehead atoms. The van der Waals surface area contributed by atoms with E-state index >= 15 is 0 Å². The molecular formula is C28H37N3O4S. The van der Waals surface area contributed by atoms with Gasteiger partial charge < -0.3 is 19.8 Å². The molecule has 3 unspecified atom stereocenters. The maximum Gasteiger partial charge on any atom is 0.251 e.